The van der Waals surface area contributed by atoms with Crippen LogP contribution >= 0.6 is 11.5 Å². The van der Waals surface area contributed by atoms with E-state index in [4.69, 9.17) is 0 Å². The van der Waals surface area contributed by atoms with Crippen molar-refractivity contribution in [1.82, 2.24) is 14.9 Å². The van der Waals surface area contributed by atoms with Crippen LogP contribution < -0.4 is 5.32 Å². The Bertz CT molecular complexity index is 1620. The van der Waals surface area contributed by atoms with Crippen molar-refractivity contribution < 1.29 is 48.3 Å². The number of carbonyl (C=O) groups excluding carboxylic acids is 1. The maximum absolute atomic E-state index is 14.9. The molecular formula is C26H21F8N3O3S2. The Morgan fingerprint density at radius 1 is 1.00 bits per heavy atom. The van der Waals surface area contributed by atoms with Gasteiger partial charge < -0.3 is 5.32 Å². The van der Waals surface area contributed by atoms with Crippen molar-refractivity contribution in [2.75, 3.05) is 0 Å². The van der Waals surface area contributed by atoms with E-state index in [1.807, 2.05) is 0 Å². The fourth-order valence-corrected chi connectivity index (χ4v) is 9.26. The maximum atomic E-state index is 14.9. The molecule has 1 fully saturated rings. The fraction of sp³-hybridized carbons (Fsp3) is 0.423. The molecule has 0 bridgehead atoms. The van der Waals surface area contributed by atoms with Crippen LogP contribution in [0.5, 0.6) is 0 Å². The van der Waals surface area contributed by atoms with Crippen LogP contribution in [-0.2, 0) is 26.7 Å². The molecule has 1 amide bonds. The van der Waals surface area contributed by atoms with E-state index in [9.17, 15) is 48.3 Å². The Labute approximate surface area is 238 Å². The SMILES string of the molecule is Cc1nnsc1C(=O)N[C@@H]1CC[C@@]2(S(=O)(=O)c3ccc(F)cc3)c3ccc(C(F)(C(F)(F)F)C(F)(F)F)cc3CC[C@@H]12. The second-order valence-corrected chi connectivity index (χ2v) is 13.3. The average molecular weight is 640 g/mol. The third-order valence-electron chi connectivity index (χ3n) is 8.15. The third kappa shape index (κ3) is 4.39. The third-order valence-corrected chi connectivity index (χ3v) is 11.6. The van der Waals surface area contributed by atoms with Crippen molar-refractivity contribution in [3.05, 3.63) is 75.5 Å². The minimum atomic E-state index is -6.35. The Kier molecular flexibility index (Phi) is 7.19. The van der Waals surface area contributed by atoms with E-state index >= 15 is 0 Å². The highest BCUT2D eigenvalue weighted by Crippen LogP contribution is 2.59. The highest BCUT2D eigenvalue weighted by Gasteiger charge is 2.73. The predicted molar refractivity (Wildman–Crippen MR) is 134 cm³/mol. The van der Waals surface area contributed by atoms with Crippen LogP contribution in [0.3, 0.4) is 0 Å². The van der Waals surface area contributed by atoms with Crippen molar-refractivity contribution in [2.24, 2.45) is 5.92 Å². The van der Waals surface area contributed by atoms with Gasteiger partial charge >= 0.3 is 18.0 Å². The van der Waals surface area contributed by atoms with Gasteiger partial charge in [0, 0.05) is 17.5 Å². The number of rotatable bonds is 5. The van der Waals surface area contributed by atoms with Gasteiger partial charge in [-0.1, -0.05) is 22.7 Å². The first-order valence-electron chi connectivity index (χ1n) is 12.5. The van der Waals surface area contributed by atoms with Crippen LogP contribution in [0.1, 0.15) is 51.3 Å². The van der Waals surface area contributed by atoms with Crippen LogP contribution in [0.2, 0.25) is 0 Å². The van der Waals surface area contributed by atoms with Crippen molar-refractivity contribution >= 4 is 27.3 Å². The largest absolute Gasteiger partial charge is 0.435 e. The summed E-state index contributed by atoms with van der Waals surface area (Å²) >= 11 is 0.823. The van der Waals surface area contributed by atoms with Crippen molar-refractivity contribution in [2.45, 2.75) is 66.3 Å². The lowest BCUT2D eigenvalue weighted by atomic mass is 9.74. The lowest BCUT2D eigenvalue weighted by Crippen LogP contribution is -2.51. The number of hydrogen-bond donors (Lipinski definition) is 1. The molecule has 1 N–H and O–H groups in total. The molecule has 5 rings (SSSR count). The first-order chi connectivity index (χ1) is 19.4. The number of halogens is 8. The Hall–Kier alpha value is -3.14. The number of nitrogens with one attached hydrogen (secondary N) is 1. The zero-order valence-corrected chi connectivity index (χ0v) is 23.1. The zero-order chi connectivity index (χ0) is 30.9. The summed E-state index contributed by atoms with van der Waals surface area (Å²) in [5.41, 5.74) is -7.36. The van der Waals surface area contributed by atoms with E-state index in [1.165, 1.54) is 0 Å². The molecule has 226 valence electrons. The molecule has 0 unspecified atom stereocenters. The molecule has 0 saturated heterocycles. The van der Waals surface area contributed by atoms with Gasteiger partial charge in [-0.3, -0.25) is 4.79 Å². The molecule has 0 spiro atoms. The zero-order valence-electron chi connectivity index (χ0n) is 21.5. The number of benzene rings is 2. The molecule has 42 heavy (non-hydrogen) atoms. The van der Waals surface area contributed by atoms with Gasteiger partial charge in [-0.15, -0.1) is 5.10 Å². The molecule has 6 nitrogen and oxygen atoms in total. The van der Waals surface area contributed by atoms with Crippen LogP contribution in [0, 0.1) is 18.7 Å². The molecule has 0 radical (unpaired) electrons. The first-order valence-corrected chi connectivity index (χ1v) is 14.8. The molecule has 1 saturated carbocycles. The van der Waals surface area contributed by atoms with Crippen LogP contribution in [0.15, 0.2) is 47.4 Å². The minimum absolute atomic E-state index is 0.0704. The quantitative estimate of drug-likeness (QED) is 0.269. The molecule has 2 aliphatic rings. The number of nitrogens with zero attached hydrogens (tertiary/aromatic N) is 2. The van der Waals surface area contributed by atoms with E-state index in [1.54, 1.807) is 6.92 Å². The maximum Gasteiger partial charge on any atom is 0.435 e. The summed E-state index contributed by atoms with van der Waals surface area (Å²) < 4.78 is 140. The van der Waals surface area contributed by atoms with Crippen molar-refractivity contribution in [3.8, 4) is 0 Å². The van der Waals surface area contributed by atoms with Crippen molar-refractivity contribution in [1.29, 1.82) is 0 Å². The molecule has 2 aromatic carbocycles. The molecule has 16 heteroatoms. The Morgan fingerprint density at radius 3 is 2.21 bits per heavy atom. The lowest BCUT2D eigenvalue weighted by molar-refractivity contribution is -0.348. The van der Waals surface area contributed by atoms with E-state index in [2.05, 4.69) is 14.9 Å². The number of fused-ring (bicyclic) bond motifs is 3. The van der Waals surface area contributed by atoms with E-state index in [-0.39, 0.29) is 46.6 Å². The Balaban J connectivity index is 1.66. The highest BCUT2D eigenvalue weighted by atomic mass is 32.2. The Morgan fingerprint density at radius 2 is 1.64 bits per heavy atom. The van der Waals surface area contributed by atoms with Gasteiger partial charge in [0.1, 0.15) is 15.4 Å². The standard InChI is InChI=1S/C26H21F8N3O3S2/c1-13-21(41-37-36-13)22(38)35-20-10-11-23(42(39,40)17-6-4-16(27)5-7-17)18-9-3-15(12-14(18)2-8-19(20)23)24(28,25(29,30)31)26(32,33)34/h3-7,9,12,19-20H,2,8,10-11H2,1H3,(H,35,38)/t19-,20+,23+/m0/s1. The van der Waals surface area contributed by atoms with Gasteiger partial charge in [-0.25, -0.2) is 17.2 Å². The number of aromatic nitrogens is 2. The topological polar surface area (TPSA) is 89.0 Å². The number of alkyl halides is 7. The summed E-state index contributed by atoms with van der Waals surface area (Å²) in [6.07, 6.45) is -13.0. The number of aryl methyl sites for hydroxylation is 2. The van der Waals surface area contributed by atoms with Crippen LogP contribution in [0.4, 0.5) is 35.1 Å². The highest BCUT2D eigenvalue weighted by molar-refractivity contribution is 7.92. The van der Waals surface area contributed by atoms with Crippen LogP contribution in [-0.4, -0.2) is 42.3 Å². The van der Waals surface area contributed by atoms with E-state index in [0.717, 1.165) is 41.9 Å². The number of amides is 1. The van der Waals surface area contributed by atoms with Gasteiger partial charge in [0.2, 0.25) is 0 Å². The summed E-state index contributed by atoms with van der Waals surface area (Å²) in [6, 6.07) is 4.59. The molecule has 1 heterocycles. The summed E-state index contributed by atoms with van der Waals surface area (Å²) in [4.78, 5) is 12.8. The molecule has 0 aliphatic heterocycles. The predicted octanol–water partition coefficient (Wildman–Crippen LogP) is 6.10. The fourth-order valence-electron chi connectivity index (χ4n) is 6.23. The second kappa shape index (κ2) is 9.96. The van der Waals surface area contributed by atoms with Gasteiger partial charge in [0.15, 0.2) is 9.84 Å². The van der Waals surface area contributed by atoms with E-state index in [0.29, 0.717) is 17.8 Å². The van der Waals surface area contributed by atoms with Crippen molar-refractivity contribution in [3.63, 3.8) is 0 Å². The summed E-state index contributed by atoms with van der Waals surface area (Å²) in [6.45, 7) is 1.55. The number of carbonyl (C=O) groups is 1. The van der Waals surface area contributed by atoms with Gasteiger partial charge in [0.25, 0.3) is 5.91 Å². The molecule has 1 aromatic heterocycles. The number of hydrogen-bond acceptors (Lipinski definition) is 6. The summed E-state index contributed by atoms with van der Waals surface area (Å²) in [5.74, 6) is -2.18. The lowest BCUT2D eigenvalue weighted by Gasteiger charge is -2.43. The normalized spacial score (nSPS) is 22.9. The second-order valence-electron chi connectivity index (χ2n) is 10.3. The van der Waals surface area contributed by atoms with Gasteiger partial charge in [-0.05, 0) is 79.5 Å². The monoisotopic (exact) mass is 639 g/mol. The van der Waals surface area contributed by atoms with Crippen LogP contribution in [0.25, 0.3) is 0 Å². The minimum Gasteiger partial charge on any atom is -0.348 e. The average Bonchev–Trinajstić information content (AvgIpc) is 3.51. The first kappa shape index (κ1) is 30.3. The smallest absolute Gasteiger partial charge is 0.348 e. The summed E-state index contributed by atoms with van der Waals surface area (Å²) in [5, 5.41) is 6.57. The van der Waals surface area contributed by atoms with Gasteiger partial charge in [0.05, 0.1) is 10.6 Å². The molecule has 3 atom stereocenters. The summed E-state index contributed by atoms with van der Waals surface area (Å²) in [7, 11) is -4.50. The molecule has 2 aliphatic carbocycles. The van der Waals surface area contributed by atoms with E-state index < -0.39 is 61.9 Å². The number of sulfone groups is 1. The molecular weight excluding hydrogens is 618 g/mol. The van der Waals surface area contributed by atoms with Gasteiger partial charge in [-0.2, -0.15) is 26.3 Å². The molecule has 3 aromatic rings.